The summed E-state index contributed by atoms with van der Waals surface area (Å²) in [5, 5.41) is 5.08. The number of hydrogen-bond acceptors (Lipinski definition) is 5. The summed E-state index contributed by atoms with van der Waals surface area (Å²) in [7, 11) is -3.26. The number of nitrogen functional groups attached to an aromatic ring is 1. The first-order valence-electron chi connectivity index (χ1n) is 6.53. The van der Waals surface area contributed by atoms with E-state index < -0.39 is 15.6 Å². The Labute approximate surface area is 124 Å². The molecule has 4 N–H and O–H groups in total. The molecular formula is C14H20N4O2S. The second-order valence-electron chi connectivity index (χ2n) is 5.74. The van der Waals surface area contributed by atoms with Gasteiger partial charge in [0.1, 0.15) is 0 Å². The van der Waals surface area contributed by atoms with E-state index in [1.807, 2.05) is 32.0 Å². The molecule has 1 aromatic heterocycles. The van der Waals surface area contributed by atoms with Gasteiger partial charge in [-0.3, -0.25) is 4.98 Å². The van der Waals surface area contributed by atoms with Crippen LogP contribution in [0.25, 0.3) is 10.8 Å². The van der Waals surface area contributed by atoms with E-state index in [-0.39, 0.29) is 0 Å². The molecule has 7 heteroatoms. The molecule has 0 saturated heterocycles. The van der Waals surface area contributed by atoms with E-state index in [1.165, 1.54) is 0 Å². The second-order valence-corrected chi connectivity index (χ2v) is 7.48. The molecule has 0 spiro atoms. The van der Waals surface area contributed by atoms with Crippen LogP contribution in [0.2, 0.25) is 0 Å². The Bertz CT molecular complexity index is 757. The molecule has 0 aliphatic carbocycles. The molecule has 2 rings (SSSR count). The number of benzene rings is 1. The molecular weight excluding hydrogens is 288 g/mol. The van der Waals surface area contributed by atoms with Crippen LogP contribution in [0.5, 0.6) is 0 Å². The summed E-state index contributed by atoms with van der Waals surface area (Å²) >= 11 is 0. The highest BCUT2D eigenvalue weighted by Gasteiger charge is 2.22. The van der Waals surface area contributed by atoms with Gasteiger partial charge in [0.05, 0.1) is 17.6 Å². The summed E-state index contributed by atoms with van der Waals surface area (Å²) < 4.78 is 25.2. The van der Waals surface area contributed by atoms with E-state index in [1.54, 1.807) is 12.4 Å². The monoisotopic (exact) mass is 308 g/mol. The third-order valence-electron chi connectivity index (χ3n) is 3.04. The molecule has 114 valence electrons. The van der Waals surface area contributed by atoms with Crippen LogP contribution in [0.15, 0.2) is 30.6 Å². The predicted octanol–water partition coefficient (Wildman–Crippen LogP) is 1.56. The van der Waals surface area contributed by atoms with Gasteiger partial charge >= 0.3 is 0 Å². The Balaban J connectivity index is 2.19. The Morgan fingerprint density at radius 1 is 1.29 bits per heavy atom. The first-order chi connectivity index (χ1) is 9.68. The first-order valence-corrected chi connectivity index (χ1v) is 8.42. The smallest absolute Gasteiger partial charge is 0.209 e. The lowest BCUT2D eigenvalue weighted by molar-refractivity contribution is 0.476. The van der Waals surface area contributed by atoms with Crippen LogP contribution in [0.1, 0.15) is 13.8 Å². The van der Waals surface area contributed by atoms with Crippen LogP contribution >= 0.6 is 0 Å². The molecule has 2 aromatic rings. The summed E-state index contributed by atoms with van der Waals surface area (Å²) in [4.78, 5) is 4.06. The van der Waals surface area contributed by atoms with Crippen molar-refractivity contribution in [3.63, 3.8) is 0 Å². The van der Waals surface area contributed by atoms with E-state index in [0.29, 0.717) is 12.2 Å². The fourth-order valence-electron chi connectivity index (χ4n) is 2.20. The molecule has 21 heavy (non-hydrogen) atoms. The maximum atomic E-state index is 11.3. The van der Waals surface area contributed by atoms with Gasteiger partial charge in [0.2, 0.25) is 10.0 Å². The third kappa shape index (κ3) is 4.05. The number of nitrogens with two attached hydrogens (primary N) is 1. The maximum absolute atomic E-state index is 11.3. The molecule has 1 aromatic carbocycles. The molecule has 0 aliphatic rings. The highest BCUT2D eigenvalue weighted by Crippen LogP contribution is 2.28. The number of nitrogens with one attached hydrogen (secondary N) is 2. The lowest BCUT2D eigenvalue weighted by Crippen LogP contribution is -2.47. The van der Waals surface area contributed by atoms with Crippen LogP contribution < -0.4 is 15.8 Å². The summed E-state index contributed by atoms with van der Waals surface area (Å²) in [6.07, 6.45) is 4.59. The van der Waals surface area contributed by atoms with Gasteiger partial charge < -0.3 is 11.1 Å². The average Bonchev–Trinajstić information content (AvgIpc) is 2.35. The van der Waals surface area contributed by atoms with E-state index in [9.17, 15) is 8.42 Å². The number of sulfonamides is 1. The maximum Gasteiger partial charge on any atom is 0.209 e. The number of hydrogen-bond donors (Lipinski definition) is 3. The zero-order chi connectivity index (χ0) is 15.7. The minimum Gasteiger partial charge on any atom is -0.397 e. The zero-order valence-corrected chi connectivity index (χ0v) is 13.2. The van der Waals surface area contributed by atoms with Crippen molar-refractivity contribution in [1.29, 1.82) is 0 Å². The van der Waals surface area contributed by atoms with Crippen LogP contribution in [-0.2, 0) is 10.0 Å². The van der Waals surface area contributed by atoms with E-state index >= 15 is 0 Å². The van der Waals surface area contributed by atoms with Crippen molar-refractivity contribution in [3.05, 3.63) is 30.6 Å². The Kier molecular flexibility index (Phi) is 4.06. The summed E-state index contributed by atoms with van der Waals surface area (Å²) in [6, 6.07) is 5.66. The van der Waals surface area contributed by atoms with Crippen molar-refractivity contribution in [1.82, 2.24) is 9.71 Å². The number of pyridine rings is 1. The van der Waals surface area contributed by atoms with Gasteiger partial charge in [0.25, 0.3) is 0 Å². The van der Waals surface area contributed by atoms with Gasteiger partial charge in [-0.15, -0.1) is 0 Å². The molecule has 0 bridgehead atoms. The van der Waals surface area contributed by atoms with Crippen molar-refractivity contribution in [2.45, 2.75) is 19.4 Å². The van der Waals surface area contributed by atoms with Gasteiger partial charge in [-0.25, -0.2) is 13.1 Å². The van der Waals surface area contributed by atoms with Crippen LogP contribution in [-0.4, -0.2) is 31.7 Å². The zero-order valence-electron chi connectivity index (χ0n) is 12.3. The van der Waals surface area contributed by atoms with E-state index in [4.69, 9.17) is 5.73 Å². The number of anilines is 2. The number of fused-ring (bicyclic) bond motifs is 1. The molecule has 0 saturated carbocycles. The molecule has 1 heterocycles. The van der Waals surface area contributed by atoms with Gasteiger partial charge in [-0.2, -0.15) is 0 Å². The minimum absolute atomic E-state index is 0.418. The molecule has 6 nitrogen and oxygen atoms in total. The summed E-state index contributed by atoms with van der Waals surface area (Å²) in [6.45, 7) is 4.03. The third-order valence-corrected chi connectivity index (χ3v) is 3.97. The topological polar surface area (TPSA) is 97.1 Å². The molecule has 0 unspecified atom stereocenters. The van der Waals surface area contributed by atoms with Crippen molar-refractivity contribution in [2.24, 2.45) is 0 Å². The fraction of sp³-hybridized carbons (Fsp3) is 0.357. The minimum atomic E-state index is -3.26. The van der Waals surface area contributed by atoms with Gasteiger partial charge in [-0.1, -0.05) is 6.07 Å². The lowest BCUT2D eigenvalue weighted by Gasteiger charge is -2.26. The van der Waals surface area contributed by atoms with E-state index in [2.05, 4.69) is 15.0 Å². The SMILES string of the molecule is CC(C)(CNc1ccc2cnccc2c1N)NS(C)(=O)=O. The lowest BCUT2D eigenvalue weighted by atomic mass is 10.1. The highest BCUT2D eigenvalue weighted by molar-refractivity contribution is 7.88. The predicted molar refractivity (Wildman–Crippen MR) is 86.7 cm³/mol. The summed E-state index contributed by atoms with van der Waals surface area (Å²) in [5.41, 5.74) is 6.93. The summed E-state index contributed by atoms with van der Waals surface area (Å²) in [5.74, 6) is 0. The van der Waals surface area contributed by atoms with Crippen molar-refractivity contribution in [2.75, 3.05) is 23.9 Å². The van der Waals surface area contributed by atoms with Gasteiger partial charge in [0.15, 0.2) is 0 Å². The fourth-order valence-corrected chi connectivity index (χ4v) is 3.28. The second kappa shape index (κ2) is 5.50. The molecule has 0 amide bonds. The van der Waals surface area contributed by atoms with Crippen LogP contribution in [0.3, 0.4) is 0 Å². The molecule has 0 aliphatic heterocycles. The standard InChI is InChI=1S/C14H20N4O2S/c1-14(2,18-21(3,19)20)9-17-12-5-4-10-8-16-7-6-11(10)13(12)15/h4-8,17-18H,9,15H2,1-3H3. The van der Waals surface area contributed by atoms with Crippen molar-refractivity contribution in [3.8, 4) is 0 Å². The Morgan fingerprint density at radius 3 is 2.67 bits per heavy atom. The van der Waals surface area contributed by atoms with E-state index in [0.717, 1.165) is 22.7 Å². The van der Waals surface area contributed by atoms with Crippen molar-refractivity contribution < 1.29 is 8.42 Å². The first kappa shape index (κ1) is 15.5. The van der Waals surface area contributed by atoms with Crippen molar-refractivity contribution >= 4 is 32.2 Å². The number of nitrogens with zero attached hydrogens (tertiary/aromatic N) is 1. The molecule has 0 atom stereocenters. The number of aromatic nitrogens is 1. The van der Waals surface area contributed by atoms with Gasteiger partial charge in [-0.05, 0) is 26.0 Å². The van der Waals surface area contributed by atoms with Gasteiger partial charge in [0, 0.05) is 35.2 Å². The average molecular weight is 308 g/mol. The van der Waals surface area contributed by atoms with Crippen LogP contribution in [0, 0.1) is 0 Å². The highest BCUT2D eigenvalue weighted by atomic mass is 32.2. The number of rotatable bonds is 5. The molecule has 0 fully saturated rings. The largest absolute Gasteiger partial charge is 0.397 e. The Hall–Kier alpha value is -1.86. The quantitative estimate of drug-likeness (QED) is 0.728. The molecule has 0 radical (unpaired) electrons. The normalized spacial score (nSPS) is 12.5. The van der Waals surface area contributed by atoms with Crippen LogP contribution in [0.4, 0.5) is 11.4 Å². The Morgan fingerprint density at radius 2 is 2.00 bits per heavy atom.